The maximum atomic E-state index is 12.4. The summed E-state index contributed by atoms with van der Waals surface area (Å²) >= 11 is 0. The number of carbonyl (C=O) groups is 2. The maximum Gasteiger partial charge on any atom is 0.287 e. The molecule has 3 rings (SSSR count). The van der Waals surface area contributed by atoms with Crippen molar-refractivity contribution < 1.29 is 14.3 Å². The van der Waals surface area contributed by atoms with Crippen LogP contribution in [0.4, 0.5) is 0 Å². The monoisotopic (exact) mass is 356 g/mol. The number of carbonyl (C=O) groups excluding carboxylic acids is 2. The molecule has 26 heavy (non-hydrogen) atoms. The molecule has 0 radical (unpaired) electrons. The van der Waals surface area contributed by atoms with Crippen molar-refractivity contribution in [3.05, 3.63) is 47.5 Å². The second-order valence-corrected chi connectivity index (χ2v) is 6.84. The largest absolute Gasteiger partial charge is 0.497 e. The van der Waals surface area contributed by atoms with E-state index in [1.807, 2.05) is 24.3 Å². The lowest BCUT2D eigenvalue weighted by molar-refractivity contribution is 0.0894. The summed E-state index contributed by atoms with van der Waals surface area (Å²) in [6.45, 7) is 5.33. The minimum absolute atomic E-state index is 0.174. The van der Waals surface area contributed by atoms with E-state index in [0.29, 0.717) is 19.0 Å². The molecule has 7 heteroatoms. The molecule has 1 aromatic heterocycles. The number of hydrogen-bond acceptors (Lipinski definition) is 4. The van der Waals surface area contributed by atoms with Gasteiger partial charge in [0.15, 0.2) is 5.82 Å². The summed E-state index contributed by atoms with van der Waals surface area (Å²) in [4.78, 5) is 28.8. The second kappa shape index (κ2) is 7.59. The highest BCUT2D eigenvalue weighted by atomic mass is 16.5. The summed E-state index contributed by atoms with van der Waals surface area (Å²) in [5, 5.41) is 5.79. The van der Waals surface area contributed by atoms with Gasteiger partial charge in [-0.2, -0.15) is 0 Å². The van der Waals surface area contributed by atoms with Crippen molar-refractivity contribution in [2.45, 2.75) is 32.9 Å². The van der Waals surface area contributed by atoms with Gasteiger partial charge in [-0.15, -0.1) is 0 Å². The highest BCUT2D eigenvalue weighted by Crippen LogP contribution is 2.23. The summed E-state index contributed by atoms with van der Waals surface area (Å²) in [6, 6.07) is 7.39. The van der Waals surface area contributed by atoms with Crippen LogP contribution in [0.1, 0.15) is 53.0 Å². The summed E-state index contributed by atoms with van der Waals surface area (Å²) in [6.07, 6.45) is 2.55. The zero-order valence-corrected chi connectivity index (χ0v) is 15.3. The first-order valence-electron chi connectivity index (χ1n) is 8.78. The predicted molar refractivity (Wildman–Crippen MR) is 97.2 cm³/mol. The molecule has 1 atom stereocenters. The number of nitrogens with one attached hydrogen (secondary N) is 2. The van der Waals surface area contributed by atoms with Crippen LogP contribution in [0.5, 0.6) is 5.75 Å². The first-order valence-corrected chi connectivity index (χ1v) is 8.78. The molecule has 0 fully saturated rings. The van der Waals surface area contributed by atoms with Gasteiger partial charge >= 0.3 is 0 Å². The summed E-state index contributed by atoms with van der Waals surface area (Å²) in [5.74, 6) is 1.02. The molecule has 2 heterocycles. The van der Waals surface area contributed by atoms with Gasteiger partial charge in [-0.1, -0.05) is 26.0 Å². The molecule has 7 nitrogen and oxygen atoms in total. The van der Waals surface area contributed by atoms with E-state index >= 15 is 0 Å². The van der Waals surface area contributed by atoms with E-state index in [-0.39, 0.29) is 29.4 Å². The number of methoxy groups -OCH3 is 1. The van der Waals surface area contributed by atoms with Gasteiger partial charge in [0.25, 0.3) is 11.8 Å². The van der Waals surface area contributed by atoms with Gasteiger partial charge in [-0.25, -0.2) is 4.98 Å². The maximum absolute atomic E-state index is 12.4. The fraction of sp³-hybridized carbons (Fsp3) is 0.421. The molecule has 0 bridgehead atoms. The summed E-state index contributed by atoms with van der Waals surface area (Å²) in [5.41, 5.74) is 1.25. The molecular formula is C19H24N4O3. The van der Waals surface area contributed by atoms with Crippen LogP contribution in [0.25, 0.3) is 0 Å². The Bertz CT molecular complexity index is 796. The van der Waals surface area contributed by atoms with Crippen molar-refractivity contribution in [3.63, 3.8) is 0 Å². The second-order valence-electron chi connectivity index (χ2n) is 6.84. The molecule has 0 saturated carbocycles. The van der Waals surface area contributed by atoms with Gasteiger partial charge in [0.1, 0.15) is 11.4 Å². The summed E-state index contributed by atoms with van der Waals surface area (Å²) < 4.78 is 6.90. The van der Waals surface area contributed by atoms with Crippen LogP contribution in [0.15, 0.2) is 30.5 Å². The fourth-order valence-electron chi connectivity index (χ4n) is 2.90. The first-order chi connectivity index (χ1) is 12.5. The highest BCUT2D eigenvalue weighted by Gasteiger charge is 2.28. The van der Waals surface area contributed by atoms with Crippen molar-refractivity contribution in [1.29, 1.82) is 0 Å². The molecule has 2 amide bonds. The highest BCUT2D eigenvalue weighted by molar-refractivity contribution is 5.96. The van der Waals surface area contributed by atoms with E-state index in [1.165, 1.54) is 0 Å². The Morgan fingerprint density at radius 2 is 2.12 bits per heavy atom. The van der Waals surface area contributed by atoms with Gasteiger partial charge in [0.05, 0.1) is 13.2 Å². The lowest BCUT2D eigenvalue weighted by Gasteiger charge is -2.25. The van der Waals surface area contributed by atoms with E-state index < -0.39 is 0 Å². The number of aromatic nitrogens is 2. The van der Waals surface area contributed by atoms with Crippen molar-refractivity contribution in [2.24, 2.45) is 5.92 Å². The van der Waals surface area contributed by atoms with Gasteiger partial charge in [-0.3, -0.25) is 9.59 Å². The Morgan fingerprint density at radius 3 is 2.77 bits per heavy atom. The average molecular weight is 356 g/mol. The van der Waals surface area contributed by atoms with Crippen LogP contribution in [0.3, 0.4) is 0 Å². The van der Waals surface area contributed by atoms with E-state index in [4.69, 9.17) is 4.74 Å². The third kappa shape index (κ3) is 3.87. The smallest absolute Gasteiger partial charge is 0.287 e. The van der Waals surface area contributed by atoms with Crippen LogP contribution in [0.2, 0.25) is 0 Å². The van der Waals surface area contributed by atoms with Gasteiger partial charge in [-0.05, 0) is 30.0 Å². The van der Waals surface area contributed by atoms with Crippen molar-refractivity contribution in [2.75, 3.05) is 13.7 Å². The van der Waals surface area contributed by atoms with Crippen LogP contribution in [-0.4, -0.2) is 35.0 Å². The standard InChI is InChI=1S/C19H24N4O3/c1-12(2)8-9-20-18(24)16-11-23-10-15(22-19(25)17(23)21-16)13-4-6-14(26-3)7-5-13/h4-7,11-12,15H,8-10H2,1-3H3,(H,20,24)(H,22,25). The van der Waals surface area contributed by atoms with Crippen molar-refractivity contribution in [1.82, 2.24) is 20.2 Å². The molecule has 1 aromatic carbocycles. The van der Waals surface area contributed by atoms with Crippen LogP contribution in [-0.2, 0) is 6.54 Å². The SMILES string of the molecule is COc1ccc(C2Cn3cc(C(=O)NCCC(C)C)nc3C(=O)N2)cc1. The topological polar surface area (TPSA) is 85.2 Å². The molecule has 1 unspecified atom stereocenters. The number of nitrogens with zero attached hydrogens (tertiary/aromatic N) is 2. The zero-order chi connectivity index (χ0) is 18.7. The number of hydrogen-bond donors (Lipinski definition) is 2. The Balaban J connectivity index is 1.72. The first kappa shape index (κ1) is 18.0. The van der Waals surface area contributed by atoms with E-state index in [2.05, 4.69) is 29.5 Å². The molecular weight excluding hydrogens is 332 g/mol. The number of fused-ring (bicyclic) bond motifs is 1. The van der Waals surface area contributed by atoms with Gasteiger partial charge in [0.2, 0.25) is 0 Å². The fourth-order valence-corrected chi connectivity index (χ4v) is 2.90. The Kier molecular flexibility index (Phi) is 5.25. The number of imidazole rings is 1. The molecule has 1 aliphatic heterocycles. The van der Waals surface area contributed by atoms with Crippen LogP contribution < -0.4 is 15.4 Å². The Morgan fingerprint density at radius 1 is 1.38 bits per heavy atom. The molecule has 138 valence electrons. The van der Waals surface area contributed by atoms with Crippen LogP contribution >= 0.6 is 0 Å². The Labute approximate surface area is 152 Å². The quantitative estimate of drug-likeness (QED) is 0.830. The van der Waals surface area contributed by atoms with Gasteiger partial charge in [0, 0.05) is 19.3 Å². The lowest BCUT2D eigenvalue weighted by atomic mass is 10.1. The molecule has 0 spiro atoms. The third-order valence-electron chi connectivity index (χ3n) is 4.42. The molecule has 2 N–H and O–H groups in total. The van der Waals surface area contributed by atoms with E-state index in [1.54, 1.807) is 17.9 Å². The number of ether oxygens (including phenoxy) is 1. The minimum Gasteiger partial charge on any atom is -0.497 e. The predicted octanol–water partition coefficient (Wildman–Crippen LogP) is 2.15. The Hall–Kier alpha value is -2.83. The minimum atomic E-state index is -0.279. The molecule has 2 aromatic rings. The molecule has 1 aliphatic rings. The summed E-state index contributed by atoms with van der Waals surface area (Å²) in [7, 11) is 1.61. The zero-order valence-electron chi connectivity index (χ0n) is 15.3. The number of amides is 2. The van der Waals surface area contributed by atoms with Crippen LogP contribution in [0, 0.1) is 5.92 Å². The third-order valence-corrected chi connectivity index (χ3v) is 4.42. The number of benzene rings is 1. The van der Waals surface area contributed by atoms with Crippen molar-refractivity contribution >= 4 is 11.8 Å². The molecule has 0 saturated heterocycles. The molecule has 0 aliphatic carbocycles. The van der Waals surface area contributed by atoms with Gasteiger partial charge < -0.3 is 19.9 Å². The van der Waals surface area contributed by atoms with E-state index in [0.717, 1.165) is 17.7 Å². The average Bonchev–Trinajstić information content (AvgIpc) is 3.06. The van der Waals surface area contributed by atoms with E-state index in [9.17, 15) is 9.59 Å². The van der Waals surface area contributed by atoms with Crippen molar-refractivity contribution in [3.8, 4) is 5.75 Å². The lowest BCUT2D eigenvalue weighted by Crippen LogP contribution is -2.38. The number of rotatable bonds is 6. The normalized spacial score (nSPS) is 16.2.